The molecule has 0 aliphatic carbocycles. The van der Waals surface area contributed by atoms with E-state index < -0.39 is 0 Å². The summed E-state index contributed by atoms with van der Waals surface area (Å²) in [5.74, 6) is 0.680. The molecule has 1 unspecified atom stereocenters. The van der Waals surface area contributed by atoms with E-state index in [1.807, 2.05) is 0 Å². The molecule has 0 spiro atoms. The third-order valence-electron chi connectivity index (χ3n) is 3.78. The van der Waals surface area contributed by atoms with Crippen LogP contribution in [0.4, 0.5) is 0 Å². The molecule has 102 valence electrons. The zero-order valence-corrected chi connectivity index (χ0v) is 12.5. The van der Waals surface area contributed by atoms with Crippen LogP contribution < -0.4 is 9.80 Å². The number of rotatable bonds is 8. The van der Waals surface area contributed by atoms with E-state index in [1.165, 1.54) is 38.2 Å². The van der Waals surface area contributed by atoms with Crippen molar-refractivity contribution in [3.63, 3.8) is 0 Å². The van der Waals surface area contributed by atoms with Gasteiger partial charge in [-0.05, 0) is 18.4 Å². The number of likely N-dealkylation sites (N-methyl/N-ethyl adjacent to an activating group) is 2. The summed E-state index contributed by atoms with van der Waals surface area (Å²) in [6.07, 6.45) is 1.29. The van der Waals surface area contributed by atoms with E-state index >= 15 is 0 Å². The quantitative estimate of drug-likeness (QED) is 0.654. The fraction of sp³-hybridized carbons (Fsp3) is 0.625. The van der Waals surface area contributed by atoms with Gasteiger partial charge in [-0.15, -0.1) is 0 Å². The van der Waals surface area contributed by atoms with Crippen LogP contribution in [0.25, 0.3) is 0 Å². The number of hydrogen-bond donors (Lipinski definition) is 2. The Labute approximate surface area is 113 Å². The molecule has 0 aliphatic rings. The van der Waals surface area contributed by atoms with Crippen molar-refractivity contribution in [2.75, 3.05) is 40.3 Å². The number of quaternary nitrogens is 2. The van der Waals surface area contributed by atoms with Gasteiger partial charge in [0.15, 0.2) is 0 Å². The topological polar surface area (TPSA) is 8.88 Å². The second-order valence-electron chi connectivity index (χ2n) is 5.66. The lowest BCUT2D eigenvalue weighted by Gasteiger charge is -2.20. The lowest BCUT2D eigenvalue weighted by Crippen LogP contribution is -3.18. The molecule has 0 saturated heterocycles. The third kappa shape index (κ3) is 5.65. The van der Waals surface area contributed by atoms with Gasteiger partial charge in [0.1, 0.15) is 13.1 Å². The Morgan fingerprint density at radius 1 is 1.00 bits per heavy atom. The molecule has 1 aromatic rings. The van der Waals surface area contributed by atoms with Crippen molar-refractivity contribution in [1.82, 2.24) is 0 Å². The highest BCUT2D eigenvalue weighted by Gasteiger charge is 2.11. The number of hydrogen-bond acceptors (Lipinski definition) is 0. The highest BCUT2D eigenvalue weighted by atomic mass is 15.2. The van der Waals surface area contributed by atoms with Crippen LogP contribution in [0.15, 0.2) is 30.3 Å². The lowest BCUT2D eigenvalue weighted by molar-refractivity contribution is -0.940. The number of nitrogens with one attached hydrogen (secondary N) is 2. The summed E-state index contributed by atoms with van der Waals surface area (Å²) in [4.78, 5) is 3.29. The van der Waals surface area contributed by atoms with E-state index in [1.54, 1.807) is 9.80 Å². The third-order valence-corrected chi connectivity index (χ3v) is 3.78. The van der Waals surface area contributed by atoms with Crippen molar-refractivity contribution in [2.24, 2.45) is 0 Å². The van der Waals surface area contributed by atoms with Gasteiger partial charge in [0.05, 0.1) is 27.2 Å². The smallest absolute Gasteiger partial charge is 0.127 e. The van der Waals surface area contributed by atoms with Gasteiger partial charge < -0.3 is 9.80 Å². The average molecular weight is 250 g/mol. The van der Waals surface area contributed by atoms with E-state index in [9.17, 15) is 0 Å². The normalized spacial score (nSPS) is 14.7. The van der Waals surface area contributed by atoms with E-state index in [4.69, 9.17) is 0 Å². The van der Waals surface area contributed by atoms with Crippen LogP contribution in [0.2, 0.25) is 0 Å². The maximum atomic E-state index is 2.35. The Hall–Kier alpha value is -0.860. The van der Waals surface area contributed by atoms with Gasteiger partial charge in [0.2, 0.25) is 0 Å². The minimum atomic E-state index is 0.680. The molecule has 0 radical (unpaired) electrons. The van der Waals surface area contributed by atoms with Crippen LogP contribution in [-0.4, -0.2) is 40.3 Å². The summed E-state index contributed by atoms with van der Waals surface area (Å²) in [7, 11) is 4.47. The Morgan fingerprint density at radius 3 is 2.22 bits per heavy atom. The molecule has 0 aliphatic heterocycles. The predicted octanol–water partition coefficient (Wildman–Crippen LogP) is 0.230. The van der Waals surface area contributed by atoms with Gasteiger partial charge in [0.25, 0.3) is 0 Å². The maximum absolute atomic E-state index is 2.35. The minimum absolute atomic E-state index is 0.680. The molecule has 2 nitrogen and oxygen atoms in total. The molecular formula is C16H30N2+2. The van der Waals surface area contributed by atoms with E-state index in [-0.39, 0.29) is 0 Å². The SMILES string of the molecule is CC[NH+](CC[C@@H](C)c1ccccc1)CC[NH+](C)C. The van der Waals surface area contributed by atoms with Crippen LogP contribution in [0.1, 0.15) is 31.7 Å². The molecule has 0 aromatic heterocycles. The first-order valence-corrected chi connectivity index (χ1v) is 7.31. The summed E-state index contributed by atoms with van der Waals surface area (Å²) >= 11 is 0. The molecule has 2 atom stereocenters. The molecule has 0 heterocycles. The van der Waals surface area contributed by atoms with Crippen molar-refractivity contribution >= 4 is 0 Å². The summed E-state index contributed by atoms with van der Waals surface area (Å²) in [5, 5.41) is 0. The fourth-order valence-electron chi connectivity index (χ4n) is 2.27. The second kappa shape index (κ2) is 8.28. The lowest BCUT2D eigenvalue weighted by atomic mass is 9.98. The van der Waals surface area contributed by atoms with Crippen molar-refractivity contribution < 1.29 is 9.80 Å². The van der Waals surface area contributed by atoms with Crippen LogP contribution in [-0.2, 0) is 0 Å². The Balaban J connectivity index is 2.34. The van der Waals surface area contributed by atoms with Crippen molar-refractivity contribution in [1.29, 1.82) is 0 Å². The van der Waals surface area contributed by atoms with Crippen LogP contribution in [0.5, 0.6) is 0 Å². The van der Waals surface area contributed by atoms with E-state index in [0.717, 1.165) is 0 Å². The maximum Gasteiger partial charge on any atom is 0.127 e. The molecule has 0 saturated carbocycles. The van der Waals surface area contributed by atoms with Gasteiger partial charge in [-0.3, -0.25) is 0 Å². The Kier molecular flexibility index (Phi) is 6.99. The fourth-order valence-corrected chi connectivity index (χ4v) is 2.27. The second-order valence-corrected chi connectivity index (χ2v) is 5.66. The number of benzene rings is 1. The molecule has 18 heavy (non-hydrogen) atoms. The summed E-state index contributed by atoms with van der Waals surface area (Å²) < 4.78 is 0. The molecule has 0 bridgehead atoms. The van der Waals surface area contributed by atoms with Crippen LogP contribution in [0, 0.1) is 0 Å². The molecule has 1 rings (SSSR count). The molecule has 2 N–H and O–H groups in total. The first-order chi connectivity index (χ1) is 8.63. The zero-order valence-electron chi connectivity index (χ0n) is 12.5. The summed E-state index contributed by atoms with van der Waals surface area (Å²) in [5.41, 5.74) is 1.48. The summed E-state index contributed by atoms with van der Waals surface area (Å²) in [6.45, 7) is 9.74. The highest BCUT2D eigenvalue weighted by Crippen LogP contribution is 2.16. The molecule has 0 fully saturated rings. The highest BCUT2D eigenvalue weighted by molar-refractivity contribution is 5.18. The van der Waals surface area contributed by atoms with Crippen LogP contribution in [0.3, 0.4) is 0 Å². The first kappa shape index (κ1) is 15.2. The molecule has 2 heteroatoms. The Bertz CT molecular complexity index is 308. The van der Waals surface area contributed by atoms with Gasteiger partial charge in [-0.2, -0.15) is 0 Å². The summed E-state index contributed by atoms with van der Waals surface area (Å²) in [6, 6.07) is 10.9. The predicted molar refractivity (Wildman–Crippen MR) is 78.4 cm³/mol. The van der Waals surface area contributed by atoms with Crippen molar-refractivity contribution in [2.45, 2.75) is 26.2 Å². The van der Waals surface area contributed by atoms with Gasteiger partial charge in [-0.25, -0.2) is 0 Å². The largest absolute Gasteiger partial charge is 0.335 e. The van der Waals surface area contributed by atoms with E-state index in [2.05, 4.69) is 58.3 Å². The van der Waals surface area contributed by atoms with Crippen LogP contribution >= 0.6 is 0 Å². The van der Waals surface area contributed by atoms with Crippen molar-refractivity contribution in [3.05, 3.63) is 35.9 Å². The van der Waals surface area contributed by atoms with Crippen molar-refractivity contribution in [3.8, 4) is 0 Å². The van der Waals surface area contributed by atoms with Gasteiger partial charge >= 0.3 is 0 Å². The average Bonchev–Trinajstić information content (AvgIpc) is 2.39. The van der Waals surface area contributed by atoms with E-state index in [0.29, 0.717) is 5.92 Å². The van der Waals surface area contributed by atoms with Gasteiger partial charge in [-0.1, -0.05) is 37.3 Å². The molecule has 0 amide bonds. The molecular weight excluding hydrogens is 220 g/mol. The minimum Gasteiger partial charge on any atom is -0.335 e. The molecule has 1 aromatic carbocycles. The monoisotopic (exact) mass is 250 g/mol. The first-order valence-electron chi connectivity index (χ1n) is 7.31. The standard InChI is InChI=1S/C16H28N2/c1-5-18(14-13-17(3)4)12-11-15(2)16-9-7-6-8-10-16/h6-10,15H,5,11-14H2,1-4H3/p+2/t15-/m1/s1. The Morgan fingerprint density at radius 2 is 1.67 bits per heavy atom. The zero-order chi connectivity index (χ0) is 13.4. The van der Waals surface area contributed by atoms with Gasteiger partial charge in [0, 0.05) is 6.42 Å².